The molecule has 1 aliphatic heterocycles. The predicted octanol–water partition coefficient (Wildman–Crippen LogP) is 3.70. The van der Waals surface area contributed by atoms with Crippen LogP contribution in [0.5, 0.6) is 5.75 Å². The minimum absolute atomic E-state index is 0.0215. The summed E-state index contributed by atoms with van der Waals surface area (Å²) in [5.74, 6) is 0.895. The fourth-order valence-electron chi connectivity index (χ4n) is 3.13. The molecule has 2 aromatic carbocycles. The second kappa shape index (κ2) is 8.87. The molecule has 1 N–H and O–H groups in total. The summed E-state index contributed by atoms with van der Waals surface area (Å²) in [5, 5.41) is 4.19. The van der Waals surface area contributed by atoms with Crippen LogP contribution in [-0.4, -0.2) is 56.3 Å². The molecule has 1 heterocycles. The van der Waals surface area contributed by atoms with Crippen molar-refractivity contribution in [1.29, 1.82) is 0 Å². The Bertz CT molecular complexity index is 729. The lowest BCUT2D eigenvalue weighted by molar-refractivity contribution is 0.0814. The third-order valence-electron chi connectivity index (χ3n) is 4.88. The lowest BCUT2D eigenvalue weighted by atomic mass is 9.98. The van der Waals surface area contributed by atoms with E-state index >= 15 is 0 Å². The van der Waals surface area contributed by atoms with Crippen molar-refractivity contribution in [1.82, 2.24) is 15.1 Å². The lowest BCUT2D eigenvalue weighted by Crippen LogP contribution is -2.42. The number of hydrogen-bond acceptors (Lipinski definition) is 4. The Morgan fingerprint density at radius 3 is 2.54 bits per heavy atom. The summed E-state index contributed by atoms with van der Waals surface area (Å²) in [4.78, 5) is 4.53. The molecule has 3 rings (SSSR count). The van der Waals surface area contributed by atoms with E-state index in [0.29, 0.717) is 0 Å². The van der Waals surface area contributed by atoms with E-state index in [1.807, 2.05) is 38.4 Å². The zero-order valence-corrected chi connectivity index (χ0v) is 16.6. The third-order valence-corrected chi connectivity index (χ3v) is 5.21. The van der Waals surface area contributed by atoms with Crippen LogP contribution in [0.2, 0.25) is 5.02 Å². The van der Waals surface area contributed by atoms with Gasteiger partial charge in [-0.05, 0) is 50.3 Å². The van der Waals surface area contributed by atoms with E-state index in [9.17, 15) is 0 Å². The van der Waals surface area contributed by atoms with E-state index in [-0.39, 0.29) is 6.23 Å². The highest BCUT2D eigenvalue weighted by molar-refractivity contribution is 6.33. The summed E-state index contributed by atoms with van der Waals surface area (Å²) >= 11 is 6.48. The van der Waals surface area contributed by atoms with Gasteiger partial charge in [-0.15, -0.1) is 0 Å². The van der Waals surface area contributed by atoms with Crippen molar-refractivity contribution in [2.24, 2.45) is 0 Å². The molecule has 0 amide bonds. The molecule has 0 aliphatic carbocycles. The van der Waals surface area contributed by atoms with Gasteiger partial charge in [0.2, 0.25) is 0 Å². The van der Waals surface area contributed by atoms with Crippen molar-refractivity contribution in [3.8, 4) is 16.9 Å². The summed E-state index contributed by atoms with van der Waals surface area (Å²) < 4.78 is 6.09. The Morgan fingerprint density at radius 2 is 1.85 bits per heavy atom. The van der Waals surface area contributed by atoms with Crippen molar-refractivity contribution < 1.29 is 4.74 Å². The predicted molar refractivity (Wildman–Crippen MR) is 109 cm³/mol. The molecular formula is C21H28ClN3O. The van der Waals surface area contributed by atoms with Crippen LogP contribution >= 0.6 is 11.6 Å². The fraction of sp³-hybridized carbons (Fsp3) is 0.429. The minimum atomic E-state index is 0.0215. The summed E-state index contributed by atoms with van der Waals surface area (Å²) in [6.07, 6.45) is 0.0215. The van der Waals surface area contributed by atoms with Crippen LogP contribution in [0.25, 0.3) is 11.1 Å². The van der Waals surface area contributed by atoms with Gasteiger partial charge in [0.05, 0.1) is 0 Å². The average Bonchev–Trinajstić information content (AvgIpc) is 2.63. The fourth-order valence-corrected chi connectivity index (χ4v) is 3.37. The highest BCUT2D eigenvalue weighted by Gasteiger charge is 2.16. The Labute approximate surface area is 161 Å². The molecule has 0 spiro atoms. The maximum Gasteiger partial charge on any atom is 0.149 e. The van der Waals surface area contributed by atoms with Crippen molar-refractivity contribution >= 4 is 11.6 Å². The van der Waals surface area contributed by atoms with Gasteiger partial charge < -0.3 is 10.1 Å². The average molecular weight is 374 g/mol. The van der Waals surface area contributed by atoms with Gasteiger partial charge in [0.1, 0.15) is 12.0 Å². The number of rotatable bonds is 6. The smallest absolute Gasteiger partial charge is 0.149 e. The second-order valence-corrected chi connectivity index (χ2v) is 7.41. The molecule has 0 bridgehead atoms. The zero-order chi connectivity index (χ0) is 18.5. The van der Waals surface area contributed by atoms with Gasteiger partial charge in [-0.2, -0.15) is 0 Å². The molecule has 1 fully saturated rings. The van der Waals surface area contributed by atoms with Crippen molar-refractivity contribution in [2.45, 2.75) is 19.7 Å². The topological polar surface area (TPSA) is 27.7 Å². The molecule has 4 nitrogen and oxygen atoms in total. The molecule has 1 unspecified atom stereocenters. The normalized spacial score (nSPS) is 16.7. The molecule has 0 radical (unpaired) electrons. The van der Waals surface area contributed by atoms with Gasteiger partial charge in [0.25, 0.3) is 0 Å². The largest absolute Gasteiger partial charge is 0.475 e. The zero-order valence-electron chi connectivity index (χ0n) is 15.8. The minimum Gasteiger partial charge on any atom is -0.475 e. The Hall–Kier alpha value is -1.59. The molecule has 5 heteroatoms. The van der Waals surface area contributed by atoms with Crippen molar-refractivity contribution in [3.63, 3.8) is 0 Å². The van der Waals surface area contributed by atoms with Gasteiger partial charge in [0, 0.05) is 43.3 Å². The summed E-state index contributed by atoms with van der Waals surface area (Å²) in [6, 6.07) is 14.4. The van der Waals surface area contributed by atoms with Gasteiger partial charge in [-0.25, -0.2) is 0 Å². The molecule has 1 aliphatic rings. The quantitative estimate of drug-likeness (QED) is 0.781. The molecule has 1 atom stereocenters. The molecule has 140 valence electrons. The highest BCUT2D eigenvalue weighted by Crippen LogP contribution is 2.33. The Balaban J connectivity index is 1.93. The van der Waals surface area contributed by atoms with Crippen LogP contribution in [0.3, 0.4) is 0 Å². The lowest BCUT2D eigenvalue weighted by Gasteiger charge is -2.28. The Kier molecular flexibility index (Phi) is 6.54. The molecule has 1 saturated heterocycles. The molecule has 0 aromatic heterocycles. The van der Waals surface area contributed by atoms with Gasteiger partial charge in [-0.1, -0.05) is 35.9 Å². The first-order valence-corrected chi connectivity index (χ1v) is 9.56. The van der Waals surface area contributed by atoms with E-state index in [0.717, 1.165) is 49.1 Å². The van der Waals surface area contributed by atoms with E-state index in [4.69, 9.17) is 16.3 Å². The monoisotopic (exact) mass is 373 g/mol. The van der Waals surface area contributed by atoms with E-state index in [2.05, 4.69) is 40.2 Å². The Morgan fingerprint density at radius 1 is 1.12 bits per heavy atom. The van der Waals surface area contributed by atoms with Crippen LogP contribution in [0.15, 0.2) is 42.5 Å². The number of halogens is 1. The highest BCUT2D eigenvalue weighted by atomic mass is 35.5. The van der Waals surface area contributed by atoms with Crippen LogP contribution in [-0.2, 0) is 6.54 Å². The first-order valence-electron chi connectivity index (χ1n) is 9.18. The maximum atomic E-state index is 6.48. The maximum absolute atomic E-state index is 6.48. The van der Waals surface area contributed by atoms with Gasteiger partial charge in [0.15, 0.2) is 0 Å². The number of piperazine rings is 1. The molecule has 0 saturated carbocycles. The van der Waals surface area contributed by atoms with Crippen LogP contribution in [0, 0.1) is 0 Å². The van der Waals surface area contributed by atoms with E-state index in [1.54, 1.807) is 0 Å². The number of nitrogens with one attached hydrogen (secondary N) is 1. The van der Waals surface area contributed by atoms with Gasteiger partial charge >= 0.3 is 0 Å². The molecule has 2 aromatic rings. The first-order chi connectivity index (χ1) is 12.5. The number of nitrogens with zero attached hydrogens (tertiary/aromatic N) is 2. The summed E-state index contributed by atoms with van der Waals surface area (Å²) in [7, 11) is 4.04. The number of hydrogen-bond donors (Lipinski definition) is 1. The summed E-state index contributed by atoms with van der Waals surface area (Å²) in [5.41, 5.74) is 3.51. The van der Waals surface area contributed by atoms with Crippen molar-refractivity contribution in [3.05, 3.63) is 53.1 Å². The third kappa shape index (κ3) is 4.77. The second-order valence-electron chi connectivity index (χ2n) is 7.01. The van der Waals surface area contributed by atoms with Crippen molar-refractivity contribution in [2.75, 3.05) is 40.3 Å². The van der Waals surface area contributed by atoms with Crippen LogP contribution in [0.4, 0.5) is 0 Å². The molecular weight excluding hydrogens is 346 g/mol. The molecule has 26 heavy (non-hydrogen) atoms. The number of ether oxygens (including phenoxy) is 1. The standard InChI is InChI=1S/C21H28ClN3O/c1-16(24(2)3)26-18-8-9-19(20-6-4-5-7-21(20)22)17(14-18)15-25-12-10-23-11-13-25/h4-9,14,16,23H,10-13,15H2,1-3H3. The SMILES string of the molecule is CC(Oc1ccc(-c2ccccc2Cl)c(CN2CCNCC2)c1)N(C)C. The summed E-state index contributed by atoms with van der Waals surface area (Å²) in [6.45, 7) is 7.14. The van der Waals surface area contributed by atoms with Crippen LogP contribution in [0.1, 0.15) is 12.5 Å². The first kappa shape index (κ1) is 19.2. The van der Waals surface area contributed by atoms with Gasteiger partial charge in [-0.3, -0.25) is 9.80 Å². The number of benzene rings is 2. The van der Waals surface area contributed by atoms with E-state index < -0.39 is 0 Å². The van der Waals surface area contributed by atoms with Crippen LogP contribution < -0.4 is 10.1 Å². The van der Waals surface area contributed by atoms with E-state index in [1.165, 1.54) is 11.1 Å².